The molecule has 3 aromatic rings. The van der Waals surface area contributed by atoms with Crippen LogP contribution in [0.5, 0.6) is 0 Å². The van der Waals surface area contributed by atoms with E-state index < -0.39 is 0 Å². The van der Waals surface area contributed by atoms with Gasteiger partial charge < -0.3 is 5.32 Å². The summed E-state index contributed by atoms with van der Waals surface area (Å²) in [5.41, 5.74) is 2.85. The molecule has 0 fully saturated rings. The van der Waals surface area contributed by atoms with Crippen molar-refractivity contribution in [3.8, 4) is 5.82 Å². The fourth-order valence-corrected chi connectivity index (χ4v) is 2.16. The van der Waals surface area contributed by atoms with Gasteiger partial charge >= 0.3 is 0 Å². The number of benzene rings is 1. The Morgan fingerprint density at radius 2 is 2.10 bits per heavy atom. The molecule has 0 saturated heterocycles. The minimum atomic E-state index is -0.213. The summed E-state index contributed by atoms with van der Waals surface area (Å²) in [5.74, 6) is 0.525. The van der Waals surface area contributed by atoms with Crippen LogP contribution in [-0.2, 0) is 6.54 Å². The Morgan fingerprint density at radius 1 is 1.19 bits per heavy atom. The summed E-state index contributed by atoms with van der Waals surface area (Å²) in [7, 11) is 0. The summed E-state index contributed by atoms with van der Waals surface area (Å²) in [6.45, 7) is 2.50. The molecule has 0 radical (unpaired) electrons. The Balaban J connectivity index is 1.83. The van der Waals surface area contributed by atoms with Gasteiger partial charge in [-0.15, -0.1) is 0 Å². The highest BCUT2D eigenvalue weighted by Crippen LogP contribution is 2.18. The summed E-state index contributed by atoms with van der Waals surface area (Å²) >= 11 is 0. The van der Waals surface area contributed by atoms with Crippen molar-refractivity contribution in [3.63, 3.8) is 0 Å². The first-order valence-electron chi connectivity index (χ1n) is 6.68. The van der Waals surface area contributed by atoms with Gasteiger partial charge in [-0.05, 0) is 48.4 Å². The highest BCUT2D eigenvalue weighted by molar-refractivity contribution is 5.56. The van der Waals surface area contributed by atoms with E-state index in [9.17, 15) is 4.39 Å². The zero-order chi connectivity index (χ0) is 14.7. The fraction of sp³-hybridized carbons (Fsp3) is 0.125. The van der Waals surface area contributed by atoms with Gasteiger partial charge in [-0.2, -0.15) is 5.10 Å². The first-order chi connectivity index (χ1) is 10.2. The van der Waals surface area contributed by atoms with E-state index >= 15 is 0 Å². The molecule has 1 aromatic carbocycles. The molecule has 0 spiro atoms. The third kappa shape index (κ3) is 2.91. The molecule has 106 valence electrons. The van der Waals surface area contributed by atoms with Gasteiger partial charge in [0.05, 0.1) is 5.69 Å². The van der Waals surface area contributed by atoms with Crippen molar-refractivity contribution in [1.29, 1.82) is 0 Å². The lowest BCUT2D eigenvalue weighted by molar-refractivity contribution is 0.625. The smallest absolute Gasteiger partial charge is 0.176 e. The molecular formula is C16H15FN4. The maximum Gasteiger partial charge on any atom is 0.176 e. The Labute approximate surface area is 122 Å². The fourth-order valence-electron chi connectivity index (χ4n) is 2.16. The predicted octanol–water partition coefficient (Wildman–Crippen LogP) is 3.33. The molecule has 2 aromatic heterocycles. The molecule has 1 N–H and O–H groups in total. The normalized spacial score (nSPS) is 10.6. The molecule has 0 amide bonds. The number of nitrogens with one attached hydrogen (secondary N) is 1. The number of aromatic nitrogens is 3. The molecule has 0 atom stereocenters. The molecule has 4 nitrogen and oxygen atoms in total. The summed E-state index contributed by atoms with van der Waals surface area (Å²) in [6, 6.07) is 10.5. The monoisotopic (exact) mass is 282 g/mol. The molecular weight excluding hydrogens is 267 g/mol. The number of anilines is 1. The van der Waals surface area contributed by atoms with Crippen LogP contribution in [0.2, 0.25) is 0 Å². The lowest BCUT2D eigenvalue weighted by atomic mass is 10.1. The maximum atomic E-state index is 13.1. The molecule has 2 heterocycles. The van der Waals surface area contributed by atoms with Crippen LogP contribution < -0.4 is 5.32 Å². The first kappa shape index (κ1) is 13.3. The van der Waals surface area contributed by atoms with Crippen LogP contribution in [-0.4, -0.2) is 14.8 Å². The van der Waals surface area contributed by atoms with Crippen LogP contribution in [0.25, 0.3) is 5.82 Å². The van der Waals surface area contributed by atoms with Crippen molar-refractivity contribution in [2.24, 2.45) is 0 Å². The van der Waals surface area contributed by atoms with Gasteiger partial charge in [0.25, 0.3) is 0 Å². The van der Waals surface area contributed by atoms with E-state index in [-0.39, 0.29) is 5.82 Å². The van der Waals surface area contributed by atoms with Crippen molar-refractivity contribution in [3.05, 3.63) is 71.9 Å². The lowest BCUT2D eigenvalue weighted by Crippen LogP contribution is -2.07. The second-order valence-electron chi connectivity index (χ2n) is 4.75. The van der Waals surface area contributed by atoms with E-state index in [0.717, 1.165) is 22.6 Å². The Bertz CT molecular complexity index is 738. The van der Waals surface area contributed by atoms with Crippen LogP contribution >= 0.6 is 0 Å². The summed E-state index contributed by atoms with van der Waals surface area (Å²) in [5, 5.41) is 7.53. The molecule has 5 heteroatoms. The molecule has 0 aliphatic rings. The quantitative estimate of drug-likeness (QED) is 0.798. The lowest BCUT2D eigenvalue weighted by Gasteiger charge is -2.12. The van der Waals surface area contributed by atoms with Crippen molar-refractivity contribution >= 4 is 5.69 Å². The van der Waals surface area contributed by atoms with Crippen molar-refractivity contribution in [2.45, 2.75) is 13.5 Å². The molecule has 21 heavy (non-hydrogen) atoms. The van der Waals surface area contributed by atoms with Crippen LogP contribution in [0, 0.1) is 12.7 Å². The largest absolute Gasteiger partial charge is 0.378 e. The molecule has 0 aliphatic carbocycles. The molecule has 3 rings (SSSR count). The second-order valence-corrected chi connectivity index (χ2v) is 4.75. The third-order valence-electron chi connectivity index (χ3n) is 3.28. The number of halogens is 1. The van der Waals surface area contributed by atoms with Crippen LogP contribution in [0.15, 0.2) is 55.0 Å². The highest BCUT2D eigenvalue weighted by atomic mass is 19.1. The minimum absolute atomic E-state index is 0.213. The second kappa shape index (κ2) is 5.75. The number of hydrogen-bond donors (Lipinski definition) is 1. The minimum Gasteiger partial charge on any atom is -0.378 e. The van der Waals surface area contributed by atoms with E-state index in [1.807, 2.05) is 31.3 Å². The number of pyridine rings is 1. The van der Waals surface area contributed by atoms with E-state index in [1.165, 1.54) is 12.1 Å². The SMILES string of the molecule is Cc1cc(F)ccc1CNc1cccnc1-n1cccn1. The summed E-state index contributed by atoms with van der Waals surface area (Å²) in [6.07, 6.45) is 5.28. The average Bonchev–Trinajstić information content (AvgIpc) is 3.01. The van der Waals surface area contributed by atoms with E-state index in [0.29, 0.717) is 6.54 Å². The first-order valence-corrected chi connectivity index (χ1v) is 6.68. The number of aryl methyl sites for hydroxylation is 1. The van der Waals surface area contributed by atoms with Crippen LogP contribution in [0.3, 0.4) is 0 Å². The van der Waals surface area contributed by atoms with Crippen molar-refractivity contribution in [1.82, 2.24) is 14.8 Å². The number of hydrogen-bond acceptors (Lipinski definition) is 3. The summed E-state index contributed by atoms with van der Waals surface area (Å²) < 4.78 is 14.8. The van der Waals surface area contributed by atoms with E-state index in [4.69, 9.17) is 0 Å². The van der Waals surface area contributed by atoms with Crippen LogP contribution in [0.1, 0.15) is 11.1 Å². The van der Waals surface area contributed by atoms with Gasteiger partial charge in [0.2, 0.25) is 0 Å². The molecule has 0 aliphatic heterocycles. The number of rotatable bonds is 4. The van der Waals surface area contributed by atoms with E-state index in [2.05, 4.69) is 15.4 Å². The predicted molar refractivity (Wildman–Crippen MR) is 79.8 cm³/mol. The Hall–Kier alpha value is -2.69. The van der Waals surface area contributed by atoms with Gasteiger partial charge in [-0.3, -0.25) is 0 Å². The standard InChI is InChI=1S/C16H15FN4/c1-12-10-14(17)6-5-13(12)11-19-15-4-2-7-18-16(15)21-9-3-8-20-21/h2-10,19H,11H2,1H3. The zero-order valence-electron chi connectivity index (χ0n) is 11.6. The molecule has 0 unspecified atom stereocenters. The number of nitrogens with zero attached hydrogens (tertiary/aromatic N) is 3. The van der Waals surface area contributed by atoms with E-state index in [1.54, 1.807) is 23.1 Å². The average molecular weight is 282 g/mol. The van der Waals surface area contributed by atoms with Crippen molar-refractivity contribution in [2.75, 3.05) is 5.32 Å². The highest BCUT2D eigenvalue weighted by Gasteiger charge is 2.06. The van der Waals surface area contributed by atoms with Crippen LogP contribution in [0.4, 0.5) is 10.1 Å². The van der Waals surface area contributed by atoms with Crippen molar-refractivity contribution < 1.29 is 4.39 Å². The Morgan fingerprint density at radius 3 is 2.86 bits per heavy atom. The molecule has 0 bridgehead atoms. The topological polar surface area (TPSA) is 42.7 Å². The zero-order valence-corrected chi connectivity index (χ0v) is 11.6. The van der Waals surface area contributed by atoms with Gasteiger partial charge in [-0.1, -0.05) is 6.07 Å². The Kier molecular flexibility index (Phi) is 3.64. The van der Waals surface area contributed by atoms with Gasteiger partial charge in [0, 0.05) is 25.1 Å². The molecule has 0 saturated carbocycles. The van der Waals surface area contributed by atoms with Gasteiger partial charge in [0.1, 0.15) is 5.82 Å². The van der Waals surface area contributed by atoms with Gasteiger partial charge in [0.15, 0.2) is 5.82 Å². The summed E-state index contributed by atoms with van der Waals surface area (Å²) in [4.78, 5) is 4.35. The third-order valence-corrected chi connectivity index (χ3v) is 3.28. The maximum absolute atomic E-state index is 13.1. The van der Waals surface area contributed by atoms with Gasteiger partial charge in [-0.25, -0.2) is 14.1 Å².